The summed E-state index contributed by atoms with van der Waals surface area (Å²) in [5.74, 6) is 0.000986. The lowest BCUT2D eigenvalue weighted by Gasteiger charge is -2.26. The molecule has 2 rings (SSSR count). The number of rotatable bonds is 4. The largest absolute Gasteiger partial charge is 0.347 e. The van der Waals surface area contributed by atoms with Gasteiger partial charge in [-0.15, -0.1) is 0 Å². The monoisotopic (exact) mass is 253 g/mol. The number of likely N-dealkylation sites (tertiary alicyclic amines) is 1. The SMILES string of the molecule is NCC1(C(=O)NCC(=O)N2CCCC2)CCCC1. The summed E-state index contributed by atoms with van der Waals surface area (Å²) in [5, 5.41) is 2.78. The third-order valence-corrected chi connectivity index (χ3v) is 4.29. The van der Waals surface area contributed by atoms with E-state index >= 15 is 0 Å². The predicted octanol–water partition coefficient (Wildman–Crippen LogP) is 0.244. The van der Waals surface area contributed by atoms with Crippen molar-refractivity contribution in [1.82, 2.24) is 10.2 Å². The molecule has 1 saturated heterocycles. The van der Waals surface area contributed by atoms with Crippen LogP contribution in [0.15, 0.2) is 0 Å². The molecule has 0 unspecified atom stereocenters. The number of nitrogens with one attached hydrogen (secondary N) is 1. The average molecular weight is 253 g/mol. The number of carbonyl (C=O) groups excluding carboxylic acids is 2. The fraction of sp³-hybridized carbons (Fsp3) is 0.846. The molecule has 2 aliphatic rings. The van der Waals surface area contributed by atoms with Crippen LogP contribution in [0.4, 0.5) is 0 Å². The molecule has 0 aromatic carbocycles. The highest BCUT2D eigenvalue weighted by molar-refractivity contribution is 5.88. The van der Waals surface area contributed by atoms with E-state index in [-0.39, 0.29) is 18.4 Å². The van der Waals surface area contributed by atoms with Crippen molar-refractivity contribution in [3.63, 3.8) is 0 Å². The normalized spacial score (nSPS) is 22.2. The molecular weight excluding hydrogens is 230 g/mol. The molecule has 102 valence electrons. The molecule has 3 N–H and O–H groups in total. The Morgan fingerprint density at radius 1 is 1.11 bits per heavy atom. The van der Waals surface area contributed by atoms with E-state index in [2.05, 4.69) is 5.32 Å². The second kappa shape index (κ2) is 5.69. The van der Waals surface area contributed by atoms with Crippen molar-refractivity contribution in [2.45, 2.75) is 38.5 Å². The number of nitrogens with zero attached hydrogens (tertiary/aromatic N) is 1. The molecule has 2 fully saturated rings. The zero-order valence-electron chi connectivity index (χ0n) is 10.9. The molecule has 0 bridgehead atoms. The standard InChI is InChI=1S/C13H23N3O2/c14-10-13(5-1-2-6-13)12(18)15-9-11(17)16-7-3-4-8-16/h1-10,14H2,(H,15,18). The molecule has 0 radical (unpaired) electrons. The Morgan fingerprint density at radius 2 is 1.72 bits per heavy atom. The van der Waals surface area contributed by atoms with Gasteiger partial charge in [-0.2, -0.15) is 0 Å². The molecule has 0 aromatic rings. The van der Waals surface area contributed by atoms with E-state index in [0.29, 0.717) is 6.54 Å². The van der Waals surface area contributed by atoms with Crippen LogP contribution in [0.1, 0.15) is 38.5 Å². The van der Waals surface area contributed by atoms with E-state index in [9.17, 15) is 9.59 Å². The van der Waals surface area contributed by atoms with E-state index in [1.165, 1.54) is 0 Å². The van der Waals surface area contributed by atoms with Crippen LogP contribution in [0.2, 0.25) is 0 Å². The highest BCUT2D eigenvalue weighted by Gasteiger charge is 2.39. The molecule has 1 saturated carbocycles. The second-order valence-electron chi connectivity index (χ2n) is 5.46. The zero-order chi connectivity index (χ0) is 13.0. The van der Waals surface area contributed by atoms with Crippen LogP contribution in [0.5, 0.6) is 0 Å². The number of hydrogen-bond acceptors (Lipinski definition) is 3. The molecule has 0 aromatic heterocycles. The molecular formula is C13H23N3O2. The van der Waals surface area contributed by atoms with Gasteiger partial charge in [-0.3, -0.25) is 9.59 Å². The van der Waals surface area contributed by atoms with Gasteiger partial charge in [0.25, 0.3) is 0 Å². The molecule has 1 aliphatic heterocycles. The van der Waals surface area contributed by atoms with Gasteiger partial charge >= 0.3 is 0 Å². The first-order chi connectivity index (χ1) is 8.68. The third-order valence-electron chi connectivity index (χ3n) is 4.29. The molecule has 0 atom stereocenters. The minimum absolute atomic E-state index is 0.0324. The molecule has 1 heterocycles. The quantitative estimate of drug-likeness (QED) is 0.754. The summed E-state index contributed by atoms with van der Waals surface area (Å²) in [6.45, 7) is 2.17. The second-order valence-corrected chi connectivity index (χ2v) is 5.46. The van der Waals surface area contributed by atoms with E-state index in [1.54, 1.807) is 0 Å². The van der Waals surface area contributed by atoms with Crippen LogP contribution in [0, 0.1) is 5.41 Å². The van der Waals surface area contributed by atoms with E-state index in [0.717, 1.165) is 51.6 Å². The maximum Gasteiger partial charge on any atom is 0.241 e. The number of nitrogens with two attached hydrogens (primary N) is 1. The van der Waals surface area contributed by atoms with Crippen molar-refractivity contribution < 1.29 is 9.59 Å². The van der Waals surface area contributed by atoms with Crippen LogP contribution < -0.4 is 11.1 Å². The van der Waals surface area contributed by atoms with Gasteiger partial charge in [-0.25, -0.2) is 0 Å². The fourth-order valence-corrected chi connectivity index (χ4v) is 3.00. The zero-order valence-corrected chi connectivity index (χ0v) is 10.9. The maximum absolute atomic E-state index is 12.2. The van der Waals surface area contributed by atoms with Crippen molar-refractivity contribution in [2.75, 3.05) is 26.2 Å². The predicted molar refractivity (Wildman–Crippen MR) is 68.8 cm³/mol. The van der Waals surface area contributed by atoms with Crippen LogP contribution in [0.25, 0.3) is 0 Å². The van der Waals surface area contributed by atoms with Crippen molar-refractivity contribution in [3.8, 4) is 0 Å². The Bertz CT molecular complexity index is 318. The first-order valence-corrected chi connectivity index (χ1v) is 6.94. The maximum atomic E-state index is 12.2. The lowest BCUT2D eigenvalue weighted by molar-refractivity contribution is -0.135. The Hall–Kier alpha value is -1.10. The Morgan fingerprint density at radius 3 is 2.28 bits per heavy atom. The summed E-state index contributed by atoms with van der Waals surface area (Å²) < 4.78 is 0. The number of hydrogen-bond donors (Lipinski definition) is 2. The summed E-state index contributed by atoms with van der Waals surface area (Å²) in [5.41, 5.74) is 5.33. The molecule has 18 heavy (non-hydrogen) atoms. The van der Waals surface area contributed by atoms with Crippen LogP contribution >= 0.6 is 0 Å². The average Bonchev–Trinajstić information content (AvgIpc) is 3.06. The summed E-state index contributed by atoms with van der Waals surface area (Å²) in [4.78, 5) is 25.8. The highest BCUT2D eigenvalue weighted by atomic mass is 16.2. The first-order valence-electron chi connectivity index (χ1n) is 6.94. The molecule has 0 spiro atoms. The fourth-order valence-electron chi connectivity index (χ4n) is 3.00. The van der Waals surface area contributed by atoms with E-state index in [1.807, 2.05) is 4.90 Å². The lowest BCUT2D eigenvalue weighted by Crippen LogP contribution is -2.47. The Kier molecular flexibility index (Phi) is 4.22. The minimum Gasteiger partial charge on any atom is -0.347 e. The van der Waals surface area contributed by atoms with Crippen molar-refractivity contribution in [1.29, 1.82) is 0 Å². The van der Waals surface area contributed by atoms with Crippen molar-refractivity contribution in [2.24, 2.45) is 11.1 Å². The van der Waals surface area contributed by atoms with Crippen molar-refractivity contribution >= 4 is 11.8 Å². The van der Waals surface area contributed by atoms with Crippen LogP contribution in [-0.4, -0.2) is 42.9 Å². The van der Waals surface area contributed by atoms with E-state index in [4.69, 9.17) is 5.73 Å². The first kappa shape index (κ1) is 13.3. The summed E-state index contributed by atoms with van der Waals surface area (Å²) in [7, 11) is 0. The van der Waals surface area contributed by atoms with Gasteiger partial charge in [0.15, 0.2) is 0 Å². The van der Waals surface area contributed by atoms with Gasteiger partial charge in [0, 0.05) is 19.6 Å². The Balaban J connectivity index is 1.81. The van der Waals surface area contributed by atoms with Crippen LogP contribution in [0.3, 0.4) is 0 Å². The number of carbonyl (C=O) groups is 2. The van der Waals surface area contributed by atoms with Gasteiger partial charge in [0.2, 0.25) is 11.8 Å². The molecule has 2 amide bonds. The summed E-state index contributed by atoms with van der Waals surface area (Å²) in [6, 6.07) is 0. The van der Waals surface area contributed by atoms with E-state index < -0.39 is 5.41 Å². The summed E-state index contributed by atoms with van der Waals surface area (Å²) in [6.07, 6.45) is 5.98. The summed E-state index contributed by atoms with van der Waals surface area (Å²) >= 11 is 0. The van der Waals surface area contributed by atoms with Gasteiger partial charge in [-0.1, -0.05) is 12.8 Å². The van der Waals surface area contributed by atoms with Crippen molar-refractivity contribution in [3.05, 3.63) is 0 Å². The molecule has 5 heteroatoms. The molecule has 5 nitrogen and oxygen atoms in total. The smallest absolute Gasteiger partial charge is 0.241 e. The van der Waals surface area contributed by atoms with Gasteiger partial charge in [0.05, 0.1) is 12.0 Å². The number of amides is 2. The molecule has 1 aliphatic carbocycles. The highest BCUT2D eigenvalue weighted by Crippen LogP contribution is 2.37. The minimum atomic E-state index is -0.411. The topological polar surface area (TPSA) is 75.4 Å². The Labute approximate surface area is 108 Å². The lowest BCUT2D eigenvalue weighted by atomic mass is 9.85. The third kappa shape index (κ3) is 2.66. The van der Waals surface area contributed by atoms with Gasteiger partial charge in [-0.05, 0) is 25.7 Å². The van der Waals surface area contributed by atoms with Gasteiger partial charge < -0.3 is 16.0 Å². The van der Waals surface area contributed by atoms with Crippen LogP contribution in [-0.2, 0) is 9.59 Å². The van der Waals surface area contributed by atoms with Gasteiger partial charge in [0.1, 0.15) is 0 Å².